The molecular formula is C8H16O3. The van der Waals surface area contributed by atoms with E-state index in [2.05, 4.69) is 25.5 Å². The Morgan fingerprint density at radius 2 is 1.91 bits per heavy atom. The van der Waals surface area contributed by atoms with E-state index in [1.54, 1.807) is 0 Å². The van der Waals surface area contributed by atoms with Crippen LogP contribution in [0.15, 0.2) is 0 Å². The van der Waals surface area contributed by atoms with Crippen molar-refractivity contribution in [2.24, 2.45) is 5.41 Å². The van der Waals surface area contributed by atoms with Gasteiger partial charge >= 0.3 is 5.97 Å². The van der Waals surface area contributed by atoms with Crippen LogP contribution in [0.2, 0.25) is 0 Å². The molecule has 0 saturated heterocycles. The maximum Gasteiger partial charge on any atom is 0.304 e. The fourth-order valence-electron chi connectivity index (χ4n) is 0.473. The zero-order valence-corrected chi connectivity index (χ0v) is 7.64. The van der Waals surface area contributed by atoms with Crippen LogP contribution in [0.5, 0.6) is 0 Å². The first kappa shape index (κ1) is 10.4. The fourth-order valence-corrected chi connectivity index (χ4v) is 0.473. The van der Waals surface area contributed by atoms with Gasteiger partial charge < -0.3 is 9.47 Å². The van der Waals surface area contributed by atoms with Crippen molar-refractivity contribution in [3.63, 3.8) is 0 Å². The number of esters is 1. The Morgan fingerprint density at radius 1 is 1.36 bits per heavy atom. The van der Waals surface area contributed by atoms with Gasteiger partial charge in [0.2, 0.25) is 0 Å². The molecule has 0 rings (SSSR count). The summed E-state index contributed by atoms with van der Waals surface area (Å²) in [6, 6.07) is 0. The molecular weight excluding hydrogens is 144 g/mol. The second-order valence-electron chi connectivity index (χ2n) is 3.66. The minimum atomic E-state index is -0.307. The van der Waals surface area contributed by atoms with Crippen molar-refractivity contribution in [2.75, 3.05) is 13.4 Å². The Hall–Kier alpha value is -0.570. The van der Waals surface area contributed by atoms with Crippen LogP contribution in [0.25, 0.3) is 0 Å². The van der Waals surface area contributed by atoms with Crippen LogP contribution in [0.1, 0.15) is 27.7 Å². The topological polar surface area (TPSA) is 35.5 Å². The summed E-state index contributed by atoms with van der Waals surface area (Å²) in [7, 11) is 0. The van der Waals surface area contributed by atoms with Gasteiger partial charge in [-0.2, -0.15) is 0 Å². The molecule has 0 N–H and O–H groups in total. The molecule has 0 aromatic carbocycles. The van der Waals surface area contributed by atoms with Gasteiger partial charge in [0.25, 0.3) is 0 Å². The van der Waals surface area contributed by atoms with E-state index in [0.29, 0.717) is 6.61 Å². The molecule has 0 atom stereocenters. The van der Waals surface area contributed by atoms with Gasteiger partial charge in [-0.1, -0.05) is 20.8 Å². The lowest BCUT2D eigenvalue weighted by Crippen LogP contribution is -2.16. The SMILES string of the molecule is CC(=O)OCOCC(C)(C)C. The molecule has 0 aromatic heterocycles. The first-order valence-corrected chi connectivity index (χ1v) is 3.63. The minimum absolute atomic E-state index is 0.0621. The van der Waals surface area contributed by atoms with Crippen LogP contribution in [0, 0.1) is 5.41 Å². The van der Waals surface area contributed by atoms with E-state index >= 15 is 0 Å². The van der Waals surface area contributed by atoms with E-state index in [4.69, 9.17) is 4.74 Å². The second-order valence-corrected chi connectivity index (χ2v) is 3.66. The molecule has 11 heavy (non-hydrogen) atoms. The molecule has 0 heterocycles. The zero-order valence-electron chi connectivity index (χ0n) is 7.64. The van der Waals surface area contributed by atoms with Crippen molar-refractivity contribution >= 4 is 5.97 Å². The molecule has 0 radical (unpaired) electrons. The fraction of sp³-hybridized carbons (Fsp3) is 0.875. The monoisotopic (exact) mass is 160 g/mol. The molecule has 0 aliphatic heterocycles. The maximum atomic E-state index is 10.3. The predicted octanol–water partition coefficient (Wildman–Crippen LogP) is 1.57. The van der Waals surface area contributed by atoms with Crippen molar-refractivity contribution in [1.82, 2.24) is 0 Å². The molecule has 0 aromatic rings. The molecule has 0 amide bonds. The van der Waals surface area contributed by atoms with Crippen molar-refractivity contribution in [2.45, 2.75) is 27.7 Å². The third-order valence-electron chi connectivity index (χ3n) is 0.881. The first-order valence-electron chi connectivity index (χ1n) is 3.63. The average Bonchev–Trinajstić information content (AvgIpc) is 1.78. The Bertz CT molecular complexity index is 124. The predicted molar refractivity (Wildman–Crippen MR) is 42.0 cm³/mol. The van der Waals surface area contributed by atoms with Crippen LogP contribution in [0.4, 0.5) is 0 Å². The third kappa shape index (κ3) is 9.43. The van der Waals surface area contributed by atoms with E-state index in [-0.39, 0.29) is 18.2 Å². The second kappa shape index (κ2) is 4.34. The molecule has 0 unspecified atom stereocenters. The van der Waals surface area contributed by atoms with E-state index in [0.717, 1.165) is 0 Å². The van der Waals surface area contributed by atoms with Crippen molar-refractivity contribution < 1.29 is 14.3 Å². The summed E-state index contributed by atoms with van der Waals surface area (Å²) in [4.78, 5) is 10.3. The summed E-state index contributed by atoms with van der Waals surface area (Å²) >= 11 is 0. The van der Waals surface area contributed by atoms with Gasteiger partial charge in [-0.25, -0.2) is 0 Å². The Morgan fingerprint density at radius 3 is 2.27 bits per heavy atom. The number of rotatable bonds is 3. The standard InChI is InChI=1S/C8H16O3/c1-7(9)11-6-10-5-8(2,3)4/h5-6H2,1-4H3. The molecule has 66 valence electrons. The van der Waals surface area contributed by atoms with Gasteiger partial charge in [0.05, 0.1) is 6.61 Å². The van der Waals surface area contributed by atoms with Crippen LogP contribution < -0.4 is 0 Å². The van der Waals surface area contributed by atoms with Crippen molar-refractivity contribution in [3.8, 4) is 0 Å². The van der Waals surface area contributed by atoms with Crippen LogP contribution in [-0.2, 0) is 14.3 Å². The molecule has 3 nitrogen and oxygen atoms in total. The van der Waals surface area contributed by atoms with Crippen LogP contribution >= 0.6 is 0 Å². The van der Waals surface area contributed by atoms with Gasteiger partial charge in [-0.15, -0.1) is 0 Å². The average molecular weight is 160 g/mol. The lowest BCUT2D eigenvalue weighted by atomic mass is 9.99. The smallest absolute Gasteiger partial charge is 0.304 e. The third-order valence-corrected chi connectivity index (χ3v) is 0.881. The summed E-state index contributed by atoms with van der Waals surface area (Å²) in [6.45, 7) is 8.19. The highest BCUT2D eigenvalue weighted by Gasteiger charge is 2.09. The number of hydrogen-bond acceptors (Lipinski definition) is 3. The lowest BCUT2D eigenvalue weighted by Gasteiger charge is -2.17. The molecule has 3 heteroatoms. The molecule has 0 aliphatic carbocycles. The van der Waals surface area contributed by atoms with Gasteiger partial charge in [-0.3, -0.25) is 4.79 Å². The van der Waals surface area contributed by atoms with Crippen molar-refractivity contribution in [3.05, 3.63) is 0 Å². The summed E-state index contributed by atoms with van der Waals surface area (Å²) in [5.41, 5.74) is 0.125. The molecule has 0 fully saturated rings. The van der Waals surface area contributed by atoms with Crippen LogP contribution in [-0.4, -0.2) is 19.4 Å². The first-order chi connectivity index (χ1) is 4.92. The largest absolute Gasteiger partial charge is 0.439 e. The van der Waals surface area contributed by atoms with Crippen molar-refractivity contribution in [1.29, 1.82) is 0 Å². The van der Waals surface area contributed by atoms with Gasteiger partial charge in [0.1, 0.15) is 0 Å². The lowest BCUT2D eigenvalue weighted by molar-refractivity contribution is -0.155. The van der Waals surface area contributed by atoms with Gasteiger partial charge in [0, 0.05) is 6.92 Å². The van der Waals surface area contributed by atoms with Gasteiger partial charge in [-0.05, 0) is 5.41 Å². The quantitative estimate of drug-likeness (QED) is 0.357. The Labute approximate surface area is 67.7 Å². The number of hydrogen-bond donors (Lipinski definition) is 0. The summed E-state index contributed by atoms with van der Waals surface area (Å²) in [5, 5.41) is 0. The number of ether oxygens (including phenoxy) is 2. The molecule has 0 saturated carbocycles. The van der Waals surface area contributed by atoms with E-state index < -0.39 is 0 Å². The minimum Gasteiger partial charge on any atom is -0.439 e. The maximum absolute atomic E-state index is 10.3. The highest BCUT2D eigenvalue weighted by molar-refractivity contribution is 5.65. The summed E-state index contributed by atoms with van der Waals surface area (Å²) < 4.78 is 9.64. The van der Waals surface area contributed by atoms with Gasteiger partial charge in [0.15, 0.2) is 6.79 Å². The highest BCUT2D eigenvalue weighted by Crippen LogP contribution is 2.12. The van der Waals surface area contributed by atoms with E-state index in [1.165, 1.54) is 6.92 Å². The zero-order chi connectivity index (χ0) is 8.91. The summed E-state index contributed by atoms with van der Waals surface area (Å²) in [6.07, 6.45) is 0. The van der Waals surface area contributed by atoms with Crippen LogP contribution in [0.3, 0.4) is 0 Å². The Balaban J connectivity index is 3.22. The highest BCUT2D eigenvalue weighted by atomic mass is 16.7. The molecule has 0 bridgehead atoms. The molecule has 0 spiro atoms. The Kier molecular flexibility index (Phi) is 4.11. The van der Waals surface area contributed by atoms with E-state index in [9.17, 15) is 4.79 Å². The van der Waals surface area contributed by atoms with E-state index in [1.807, 2.05) is 0 Å². The normalized spacial score (nSPS) is 11.3. The summed E-state index contributed by atoms with van der Waals surface area (Å²) in [5.74, 6) is -0.307. The number of carbonyl (C=O) groups excluding carboxylic acids is 1. The number of carbonyl (C=O) groups is 1. The molecule has 0 aliphatic rings.